The number of likely N-dealkylation sites (N-methyl/N-ethyl adjacent to an activating group) is 1. The van der Waals surface area contributed by atoms with Crippen LogP contribution in [0.15, 0.2) is 24.0 Å². The normalized spacial score (nSPS) is 15.3. The van der Waals surface area contributed by atoms with Gasteiger partial charge in [0.25, 0.3) is 5.91 Å². The van der Waals surface area contributed by atoms with Gasteiger partial charge in [-0.25, -0.2) is 0 Å². The van der Waals surface area contributed by atoms with E-state index in [0.717, 1.165) is 0 Å². The Labute approximate surface area is 65.9 Å². The topological polar surface area (TPSA) is 29.5 Å². The first-order chi connectivity index (χ1) is 5.22. The summed E-state index contributed by atoms with van der Waals surface area (Å²) in [4.78, 5) is 12.8. The predicted octanol–water partition coefficient (Wildman–Crippen LogP) is 0.545. The number of carbonyl (C=O) groups is 1. The highest BCUT2D eigenvalue weighted by Crippen LogP contribution is 2.04. The summed E-state index contributed by atoms with van der Waals surface area (Å²) >= 11 is 0. The van der Waals surface area contributed by atoms with Gasteiger partial charge in [0.05, 0.1) is 11.8 Å². The van der Waals surface area contributed by atoms with Crippen LogP contribution in [0.25, 0.3) is 0 Å². The van der Waals surface area contributed by atoms with Crippen LogP contribution in [-0.2, 0) is 9.53 Å². The Bertz CT molecular complexity index is 216. The molecule has 0 atom stereocenters. The van der Waals surface area contributed by atoms with Crippen molar-refractivity contribution in [1.29, 1.82) is 0 Å². The van der Waals surface area contributed by atoms with Crippen LogP contribution in [0.2, 0.25) is 0 Å². The van der Waals surface area contributed by atoms with E-state index in [1.807, 2.05) is 0 Å². The first-order valence-corrected chi connectivity index (χ1v) is 3.41. The minimum Gasteiger partial charge on any atom is -0.496 e. The molecule has 0 bridgehead atoms. The molecular weight excluding hydrogens is 142 g/mol. The van der Waals surface area contributed by atoms with Gasteiger partial charge >= 0.3 is 0 Å². The van der Waals surface area contributed by atoms with Crippen LogP contribution in [-0.4, -0.2) is 31.5 Å². The van der Waals surface area contributed by atoms with Crippen molar-refractivity contribution < 1.29 is 9.53 Å². The maximum atomic E-state index is 11.2. The summed E-state index contributed by atoms with van der Waals surface area (Å²) < 4.78 is 4.96. The Morgan fingerprint density at radius 1 is 1.64 bits per heavy atom. The lowest BCUT2D eigenvalue weighted by Crippen LogP contribution is -2.25. The second-order valence-corrected chi connectivity index (χ2v) is 2.53. The van der Waals surface area contributed by atoms with Gasteiger partial charge in [0, 0.05) is 14.1 Å². The van der Waals surface area contributed by atoms with Gasteiger partial charge in [0.15, 0.2) is 0 Å². The average molecular weight is 153 g/mol. The van der Waals surface area contributed by atoms with E-state index in [1.54, 1.807) is 32.5 Å². The van der Waals surface area contributed by atoms with Crippen molar-refractivity contribution in [2.24, 2.45) is 0 Å². The summed E-state index contributed by atoms with van der Waals surface area (Å²) in [6.07, 6.45) is 5.07. The summed E-state index contributed by atoms with van der Waals surface area (Å²) in [6.45, 7) is 0.382. The molecule has 0 aliphatic carbocycles. The largest absolute Gasteiger partial charge is 0.496 e. The van der Waals surface area contributed by atoms with E-state index < -0.39 is 0 Å². The van der Waals surface area contributed by atoms with Gasteiger partial charge in [-0.05, 0) is 12.2 Å². The Kier molecular flexibility index (Phi) is 2.31. The number of hydrogen-bond acceptors (Lipinski definition) is 2. The number of rotatable bonds is 1. The first kappa shape index (κ1) is 7.85. The lowest BCUT2D eigenvalue weighted by molar-refractivity contribution is -0.125. The molecule has 0 aromatic rings. The quantitative estimate of drug-likeness (QED) is 0.550. The second kappa shape index (κ2) is 3.23. The Balaban J connectivity index is 2.66. The zero-order chi connectivity index (χ0) is 8.27. The third-order valence-corrected chi connectivity index (χ3v) is 1.39. The summed E-state index contributed by atoms with van der Waals surface area (Å²) in [7, 11) is 3.45. The summed E-state index contributed by atoms with van der Waals surface area (Å²) in [6, 6.07) is 0. The zero-order valence-corrected chi connectivity index (χ0v) is 6.70. The lowest BCUT2D eigenvalue weighted by Gasteiger charge is -2.14. The molecular formula is C8H11NO2. The fraction of sp³-hybridized carbons (Fsp3) is 0.375. The van der Waals surface area contributed by atoms with Gasteiger partial charge in [0.2, 0.25) is 0 Å². The number of ether oxygens (including phenoxy) is 1. The molecule has 3 heteroatoms. The molecule has 1 rings (SSSR count). The van der Waals surface area contributed by atoms with E-state index >= 15 is 0 Å². The van der Waals surface area contributed by atoms with E-state index in [0.29, 0.717) is 12.2 Å². The van der Waals surface area contributed by atoms with Gasteiger partial charge in [-0.3, -0.25) is 4.79 Å². The van der Waals surface area contributed by atoms with Crippen LogP contribution in [0.5, 0.6) is 0 Å². The highest BCUT2D eigenvalue weighted by molar-refractivity contribution is 5.93. The molecule has 0 radical (unpaired) electrons. The van der Waals surface area contributed by atoms with Crippen LogP contribution < -0.4 is 0 Å². The lowest BCUT2D eigenvalue weighted by atomic mass is 10.2. The highest BCUT2D eigenvalue weighted by Gasteiger charge is 2.11. The van der Waals surface area contributed by atoms with Crippen molar-refractivity contribution in [3.63, 3.8) is 0 Å². The van der Waals surface area contributed by atoms with Gasteiger partial charge < -0.3 is 9.64 Å². The maximum absolute atomic E-state index is 11.2. The molecule has 60 valence electrons. The zero-order valence-electron chi connectivity index (χ0n) is 6.70. The molecule has 11 heavy (non-hydrogen) atoms. The third-order valence-electron chi connectivity index (χ3n) is 1.39. The van der Waals surface area contributed by atoms with Gasteiger partial charge in [0.1, 0.15) is 6.61 Å². The first-order valence-electron chi connectivity index (χ1n) is 3.41. The SMILES string of the molecule is CN(C)C(=O)C1=CC=COC1. The van der Waals surface area contributed by atoms with Gasteiger partial charge in [-0.2, -0.15) is 0 Å². The predicted molar refractivity (Wildman–Crippen MR) is 41.9 cm³/mol. The monoisotopic (exact) mass is 153 g/mol. The van der Waals surface area contributed by atoms with Crippen molar-refractivity contribution in [1.82, 2.24) is 4.90 Å². The molecule has 1 aliphatic heterocycles. The van der Waals surface area contributed by atoms with E-state index in [1.165, 1.54) is 4.90 Å². The smallest absolute Gasteiger partial charge is 0.252 e. The molecule has 0 aromatic heterocycles. The van der Waals surface area contributed by atoms with Gasteiger partial charge in [-0.15, -0.1) is 0 Å². The summed E-state index contributed by atoms with van der Waals surface area (Å²) in [5.74, 6) is 0.00866. The minimum atomic E-state index is 0.00866. The Morgan fingerprint density at radius 3 is 2.82 bits per heavy atom. The molecule has 0 unspecified atom stereocenters. The fourth-order valence-corrected chi connectivity index (χ4v) is 0.817. The molecule has 0 N–H and O–H groups in total. The number of hydrogen-bond donors (Lipinski definition) is 0. The second-order valence-electron chi connectivity index (χ2n) is 2.53. The Morgan fingerprint density at radius 2 is 2.36 bits per heavy atom. The summed E-state index contributed by atoms with van der Waals surface area (Å²) in [5, 5.41) is 0. The minimum absolute atomic E-state index is 0.00866. The molecule has 0 aromatic carbocycles. The Hall–Kier alpha value is -1.25. The van der Waals surface area contributed by atoms with Crippen molar-refractivity contribution in [2.75, 3.05) is 20.7 Å². The van der Waals surface area contributed by atoms with Crippen molar-refractivity contribution in [2.45, 2.75) is 0 Å². The molecule has 0 saturated heterocycles. The van der Waals surface area contributed by atoms with E-state index in [2.05, 4.69) is 0 Å². The fourth-order valence-electron chi connectivity index (χ4n) is 0.817. The van der Waals surface area contributed by atoms with E-state index in [4.69, 9.17) is 4.74 Å². The van der Waals surface area contributed by atoms with E-state index in [-0.39, 0.29) is 5.91 Å². The number of nitrogens with zero attached hydrogens (tertiary/aromatic N) is 1. The highest BCUT2D eigenvalue weighted by atomic mass is 16.5. The van der Waals surface area contributed by atoms with Crippen molar-refractivity contribution in [3.05, 3.63) is 24.0 Å². The number of allylic oxidation sites excluding steroid dienone is 2. The van der Waals surface area contributed by atoms with Crippen LogP contribution >= 0.6 is 0 Å². The number of carbonyl (C=O) groups excluding carboxylic acids is 1. The van der Waals surface area contributed by atoms with E-state index in [9.17, 15) is 4.79 Å². The maximum Gasteiger partial charge on any atom is 0.252 e. The average Bonchev–Trinajstić information content (AvgIpc) is 2.05. The summed E-state index contributed by atoms with van der Waals surface area (Å²) in [5.41, 5.74) is 0.692. The standard InChI is InChI=1S/C8H11NO2/c1-9(2)8(10)7-4-3-5-11-6-7/h3-5H,6H2,1-2H3. The van der Waals surface area contributed by atoms with Gasteiger partial charge in [-0.1, -0.05) is 0 Å². The van der Waals surface area contributed by atoms with Crippen LogP contribution in [0.4, 0.5) is 0 Å². The van der Waals surface area contributed by atoms with Crippen LogP contribution in [0.1, 0.15) is 0 Å². The third kappa shape index (κ3) is 1.83. The molecule has 3 nitrogen and oxygen atoms in total. The molecule has 1 aliphatic rings. The van der Waals surface area contributed by atoms with Crippen LogP contribution in [0.3, 0.4) is 0 Å². The van der Waals surface area contributed by atoms with Crippen molar-refractivity contribution in [3.8, 4) is 0 Å². The molecule has 1 amide bonds. The molecule has 1 heterocycles. The van der Waals surface area contributed by atoms with Crippen LogP contribution in [0, 0.1) is 0 Å². The molecule has 0 saturated carbocycles. The molecule has 0 fully saturated rings. The molecule has 0 spiro atoms. The van der Waals surface area contributed by atoms with Crippen molar-refractivity contribution >= 4 is 5.91 Å². The number of amides is 1.